The molecule has 0 saturated heterocycles. The van der Waals surface area contributed by atoms with Crippen LogP contribution in [0.2, 0.25) is 10.0 Å². The number of amides is 1. The van der Waals surface area contributed by atoms with Gasteiger partial charge < -0.3 is 19.5 Å². The van der Waals surface area contributed by atoms with Crippen molar-refractivity contribution in [3.8, 4) is 17.2 Å². The lowest BCUT2D eigenvalue weighted by Crippen LogP contribution is -2.35. The molecule has 194 valence electrons. The van der Waals surface area contributed by atoms with E-state index in [4.69, 9.17) is 32.7 Å². The first-order valence-electron chi connectivity index (χ1n) is 11.0. The smallest absolute Gasteiger partial charge is 0.396 e. The molecule has 0 aromatic heterocycles. The third-order valence-corrected chi connectivity index (χ3v) is 6.80. The van der Waals surface area contributed by atoms with Crippen LogP contribution in [0.15, 0.2) is 54.6 Å². The van der Waals surface area contributed by atoms with Gasteiger partial charge in [-0.2, -0.15) is 13.2 Å². The van der Waals surface area contributed by atoms with Crippen LogP contribution in [-0.4, -0.2) is 36.8 Å². The lowest BCUT2D eigenvalue weighted by Gasteiger charge is -2.31. The summed E-state index contributed by atoms with van der Waals surface area (Å²) in [4.78, 5) is 24.5. The summed E-state index contributed by atoms with van der Waals surface area (Å²) in [6, 6.07) is 12.4. The van der Waals surface area contributed by atoms with Crippen molar-refractivity contribution in [3.05, 3.63) is 81.3 Å². The van der Waals surface area contributed by atoms with Gasteiger partial charge in [0.05, 0.1) is 22.2 Å². The number of nitrogens with zero attached hydrogens (tertiary/aromatic N) is 1. The molecule has 0 aliphatic carbocycles. The lowest BCUT2D eigenvalue weighted by atomic mass is 9.81. The first-order valence-corrected chi connectivity index (χ1v) is 11.7. The van der Waals surface area contributed by atoms with Gasteiger partial charge in [-0.15, -0.1) is 0 Å². The Hall–Kier alpha value is -3.43. The number of likely N-dealkylation sites (N-methyl/N-ethyl adjacent to an activating group) is 1. The average molecular weight is 554 g/mol. The van der Waals surface area contributed by atoms with Crippen LogP contribution in [0.5, 0.6) is 17.2 Å². The number of carbonyl (C=O) groups excluding carboxylic acids is 1. The van der Waals surface area contributed by atoms with E-state index in [2.05, 4.69) is 0 Å². The fraction of sp³-hybridized carbons (Fsp3) is 0.231. The number of hydrogen-bond donors (Lipinski definition) is 1. The van der Waals surface area contributed by atoms with E-state index in [0.717, 1.165) is 0 Å². The molecule has 1 N–H and O–H groups in total. The Balaban J connectivity index is 1.65. The van der Waals surface area contributed by atoms with Crippen LogP contribution >= 0.6 is 23.2 Å². The number of carboxylic acids is 1. The molecule has 11 heteroatoms. The molecule has 2 atom stereocenters. The summed E-state index contributed by atoms with van der Waals surface area (Å²) in [6.07, 6.45) is -4.62. The number of aromatic carboxylic acids is 1. The Morgan fingerprint density at radius 1 is 1.05 bits per heavy atom. The van der Waals surface area contributed by atoms with Crippen molar-refractivity contribution in [1.82, 2.24) is 0 Å². The van der Waals surface area contributed by atoms with Crippen LogP contribution in [0.3, 0.4) is 0 Å². The van der Waals surface area contributed by atoms with Gasteiger partial charge in [-0.05, 0) is 59.5 Å². The van der Waals surface area contributed by atoms with Crippen molar-refractivity contribution in [2.75, 3.05) is 18.6 Å². The summed E-state index contributed by atoms with van der Waals surface area (Å²) < 4.78 is 54.0. The summed E-state index contributed by atoms with van der Waals surface area (Å²) in [7, 11) is 1.48. The number of ether oxygens (including phenoxy) is 2. The summed E-state index contributed by atoms with van der Waals surface area (Å²) in [5.41, 5.74) is 0.291. The van der Waals surface area contributed by atoms with Crippen molar-refractivity contribution in [1.29, 1.82) is 0 Å². The van der Waals surface area contributed by atoms with Gasteiger partial charge in [0.25, 0.3) is 5.91 Å². The van der Waals surface area contributed by atoms with Crippen LogP contribution in [0.4, 0.5) is 18.9 Å². The second-order valence-corrected chi connectivity index (χ2v) is 9.32. The maximum atomic E-state index is 14.3. The molecule has 0 fully saturated rings. The van der Waals surface area contributed by atoms with Crippen LogP contribution < -0.4 is 14.4 Å². The maximum Gasteiger partial charge on any atom is 0.396 e. The molecule has 0 radical (unpaired) electrons. The third kappa shape index (κ3) is 5.47. The zero-order chi connectivity index (χ0) is 27.1. The minimum absolute atomic E-state index is 0.0320. The first kappa shape index (κ1) is 26.6. The minimum atomic E-state index is -4.62. The number of rotatable bonds is 6. The number of anilines is 1. The highest BCUT2D eigenvalue weighted by Gasteiger charge is 2.45. The molecule has 0 saturated carbocycles. The standard InChI is InChI=1S/C26H20Cl2F3NO5/c1-13(24(26(29,30)31)14-3-8-22-21(9-14)32(2)23(33)12-36-22)17-6-4-16(11-20(17)28)37-15-5-7-19(27)18(10-15)25(34)35/h3-11,13,24H,12H2,1-2H3,(H,34,35). The topological polar surface area (TPSA) is 76.1 Å². The molecule has 1 amide bonds. The number of fused-ring (bicyclic) bond motifs is 1. The highest BCUT2D eigenvalue weighted by Crippen LogP contribution is 2.48. The fourth-order valence-electron chi connectivity index (χ4n) is 4.23. The molecule has 0 spiro atoms. The second kappa shape index (κ2) is 10.1. The van der Waals surface area contributed by atoms with E-state index < -0.39 is 24.0 Å². The summed E-state index contributed by atoms with van der Waals surface area (Å²) in [6.45, 7) is 1.24. The minimum Gasteiger partial charge on any atom is -0.482 e. The molecule has 4 rings (SSSR count). The number of alkyl halides is 3. The molecule has 3 aromatic rings. The molecule has 6 nitrogen and oxygen atoms in total. The van der Waals surface area contributed by atoms with Crippen LogP contribution in [0.25, 0.3) is 0 Å². The number of carboxylic acid groups (broad SMARTS) is 1. The Bertz CT molecular complexity index is 1380. The van der Waals surface area contributed by atoms with Crippen molar-refractivity contribution in [2.24, 2.45) is 0 Å². The number of benzene rings is 3. The first-order chi connectivity index (χ1) is 17.4. The van der Waals surface area contributed by atoms with Crippen LogP contribution in [0, 0.1) is 0 Å². The van der Waals surface area contributed by atoms with Crippen LogP contribution in [0.1, 0.15) is 40.2 Å². The van der Waals surface area contributed by atoms with Crippen LogP contribution in [-0.2, 0) is 4.79 Å². The second-order valence-electron chi connectivity index (χ2n) is 8.51. The van der Waals surface area contributed by atoms with E-state index in [1.165, 1.54) is 73.5 Å². The Kier molecular flexibility index (Phi) is 7.30. The maximum absolute atomic E-state index is 14.3. The molecule has 0 bridgehead atoms. The molecule has 3 aromatic carbocycles. The fourth-order valence-corrected chi connectivity index (χ4v) is 4.77. The Morgan fingerprint density at radius 3 is 2.38 bits per heavy atom. The van der Waals surface area contributed by atoms with Gasteiger partial charge in [0.1, 0.15) is 17.2 Å². The predicted molar refractivity (Wildman–Crippen MR) is 132 cm³/mol. The van der Waals surface area contributed by atoms with Gasteiger partial charge >= 0.3 is 12.1 Å². The highest BCUT2D eigenvalue weighted by atomic mass is 35.5. The van der Waals surface area contributed by atoms with Crippen molar-refractivity contribution in [2.45, 2.75) is 24.9 Å². The number of carbonyl (C=O) groups is 2. The monoisotopic (exact) mass is 553 g/mol. The van der Waals surface area contributed by atoms with Gasteiger partial charge in [0.2, 0.25) is 0 Å². The Morgan fingerprint density at radius 2 is 1.73 bits per heavy atom. The van der Waals surface area contributed by atoms with Gasteiger partial charge in [-0.3, -0.25) is 4.79 Å². The zero-order valence-electron chi connectivity index (χ0n) is 19.5. The molecule has 1 heterocycles. The molecular formula is C26H20Cl2F3NO5. The lowest BCUT2D eigenvalue weighted by molar-refractivity contribution is -0.154. The Labute approximate surface area is 220 Å². The van der Waals surface area contributed by atoms with E-state index in [1.807, 2.05) is 0 Å². The van der Waals surface area contributed by atoms with E-state index in [9.17, 15) is 27.9 Å². The normalized spacial score (nSPS) is 15.0. The van der Waals surface area contributed by atoms with Crippen molar-refractivity contribution < 1.29 is 37.3 Å². The summed E-state index contributed by atoms with van der Waals surface area (Å²) in [5.74, 6) is -3.93. The number of hydrogen-bond acceptors (Lipinski definition) is 4. The van der Waals surface area contributed by atoms with Gasteiger partial charge in [-0.1, -0.05) is 42.3 Å². The third-order valence-electron chi connectivity index (χ3n) is 6.15. The van der Waals surface area contributed by atoms with Gasteiger partial charge in [-0.25, -0.2) is 4.79 Å². The molecular weight excluding hydrogens is 534 g/mol. The molecule has 1 aliphatic rings. The van der Waals surface area contributed by atoms with Gasteiger partial charge in [0, 0.05) is 12.1 Å². The van der Waals surface area contributed by atoms with Crippen molar-refractivity contribution in [3.63, 3.8) is 0 Å². The predicted octanol–water partition coefficient (Wildman–Crippen LogP) is 7.29. The zero-order valence-corrected chi connectivity index (χ0v) is 21.0. The van der Waals surface area contributed by atoms with Gasteiger partial charge in [0.15, 0.2) is 6.61 Å². The van der Waals surface area contributed by atoms with E-state index >= 15 is 0 Å². The largest absolute Gasteiger partial charge is 0.482 e. The highest BCUT2D eigenvalue weighted by molar-refractivity contribution is 6.33. The van der Waals surface area contributed by atoms with Crippen molar-refractivity contribution >= 4 is 40.8 Å². The quantitative estimate of drug-likeness (QED) is 0.347. The average Bonchev–Trinajstić information content (AvgIpc) is 2.82. The van der Waals surface area contributed by atoms with E-state index in [1.54, 1.807) is 0 Å². The number of halogens is 5. The summed E-state index contributed by atoms with van der Waals surface area (Å²) in [5, 5.41) is 9.30. The van der Waals surface area contributed by atoms with E-state index in [-0.39, 0.29) is 56.4 Å². The molecule has 2 unspecified atom stereocenters. The van der Waals surface area contributed by atoms with E-state index in [0.29, 0.717) is 5.75 Å². The molecule has 1 aliphatic heterocycles. The molecule has 37 heavy (non-hydrogen) atoms. The summed E-state index contributed by atoms with van der Waals surface area (Å²) >= 11 is 12.3. The SMILES string of the molecule is CC(c1ccc(Oc2ccc(Cl)c(C(=O)O)c2)cc1Cl)C(c1ccc2c(c1)N(C)C(=O)CO2)C(F)(F)F.